The smallest absolute Gasteiger partial charge is 0.138 e. The summed E-state index contributed by atoms with van der Waals surface area (Å²) >= 11 is 0. The average Bonchev–Trinajstić information content (AvgIpc) is 3.35. The Morgan fingerprint density at radius 1 is 0.567 bits per heavy atom. The van der Waals surface area contributed by atoms with Crippen molar-refractivity contribution in [3.8, 4) is 0 Å². The Morgan fingerprint density at radius 3 is 1.23 bits per heavy atom. The molecule has 4 rings (SSSR count). The highest BCUT2D eigenvalue weighted by Crippen LogP contribution is 2.29. The Hall–Kier alpha value is -2.56. The molecular weight excluding hydrogens is 372 g/mol. The third-order valence-corrected chi connectivity index (χ3v) is 5.64. The van der Waals surface area contributed by atoms with Crippen molar-refractivity contribution in [1.29, 1.82) is 0 Å². The second-order valence-corrected chi connectivity index (χ2v) is 9.22. The Balaban J connectivity index is 0.000000171. The molecule has 0 saturated heterocycles. The molecule has 5 heteroatoms. The number of rotatable bonds is 4. The number of fused-ring (bicyclic) bond motifs is 2. The summed E-state index contributed by atoms with van der Waals surface area (Å²) < 4.78 is 4.85. The van der Waals surface area contributed by atoms with Crippen molar-refractivity contribution < 1.29 is 4.63 Å². The maximum absolute atomic E-state index is 4.85. The standard InChI is InChI=1S/C13H18N2.C12H16N2O/c1-8(2)10-5-6-11(9(3)4)13-12(10)14-7-15-13;1-7(2)9-5-6-10(8(3)4)12-11(9)13-15-14-12/h5-6,8-9H,7H2,1-4H3;5-8H,1-4H3. The molecule has 30 heavy (non-hydrogen) atoms. The number of benzene rings is 2. The second-order valence-electron chi connectivity index (χ2n) is 9.22. The lowest BCUT2D eigenvalue weighted by atomic mass is 9.95. The molecule has 0 bridgehead atoms. The van der Waals surface area contributed by atoms with Gasteiger partial charge in [-0.05, 0) is 56.2 Å². The first-order valence-electron chi connectivity index (χ1n) is 11.0. The normalized spacial score (nSPS) is 12.9. The van der Waals surface area contributed by atoms with Gasteiger partial charge in [-0.25, -0.2) is 4.63 Å². The molecule has 0 fully saturated rings. The van der Waals surface area contributed by atoms with Gasteiger partial charge in [0.1, 0.15) is 17.7 Å². The van der Waals surface area contributed by atoms with Crippen molar-refractivity contribution in [2.75, 3.05) is 6.67 Å². The minimum atomic E-state index is 0.445. The van der Waals surface area contributed by atoms with E-state index in [0.29, 0.717) is 30.3 Å². The molecule has 0 aliphatic carbocycles. The summed E-state index contributed by atoms with van der Waals surface area (Å²) in [4.78, 5) is 8.99. The summed E-state index contributed by atoms with van der Waals surface area (Å²) in [5.41, 5.74) is 6.89. The van der Waals surface area contributed by atoms with Gasteiger partial charge in [0.05, 0.1) is 10.7 Å². The van der Waals surface area contributed by atoms with Crippen molar-refractivity contribution >= 4 is 11.0 Å². The van der Waals surface area contributed by atoms with Gasteiger partial charge in [-0.15, -0.1) is 0 Å². The molecule has 0 saturated carbocycles. The molecule has 0 atom stereocenters. The highest BCUT2D eigenvalue weighted by molar-refractivity contribution is 5.81. The van der Waals surface area contributed by atoms with E-state index < -0.39 is 0 Å². The molecule has 1 aliphatic rings. The lowest BCUT2D eigenvalue weighted by Gasteiger charge is -2.09. The van der Waals surface area contributed by atoms with Crippen LogP contribution in [-0.4, -0.2) is 17.0 Å². The summed E-state index contributed by atoms with van der Waals surface area (Å²) in [6.07, 6.45) is 0. The topological polar surface area (TPSA) is 63.6 Å². The first kappa shape index (κ1) is 22.1. The monoisotopic (exact) mass is 406 g/mol. The quantitative estimate of drug-likeness (QED) is 0.565. The van der Waals surface area contributed by atoms with Crippen molar-refractivity contribution in [3.05, 3.63) is 57.2 Å². The lowest BCUT2D eigenvalue weighted by Crippen LogP contribution is -2.31. The Bertz CT molecular complexity index is 1050. The van der Waals surface area contributed by atoms with E-state index in [1.807, 2.05) is 0 Å². The summed E-state index contributed by atoms with van der Waals surface area (Å²) in [5, 5.41) is 10.3. The van der Waals surface area contributed by atoms with Gasteiger partial charge in [-0.1, -0.05) is 79.7 Å². The predicted molar refractivity (Wildman–Crippen MR) is 122 cm³/mol. The molecule has 2 heterocycles. The van der Waals surface area contributed by atoms with Crippen molar-refractivity contribution in [2.45, 2.75) is 79.1 Å². The Labute approximate surface area is 179 Å². The van der Waals surface area contributed by atoms with E-state index in [0.717, 1.165) is 21.7 Å². The molecule has 2 aromatic carbocycles. The third kappa shape index (κ3) is 4.30. The number of aromatic nitrogens is 2. The van der Waals surface area contributed by atoms with Crippen molar-refractivity contribution in [2.24, 2.45) is 9.98 Å². The minimum absolute atomic E-state index is 0.445. The van der Waals surface area contributed by atoms with Crippen LogP contribution >= 0.6 is 0 Å². The maximum atomic E-state index is 4.85. The van der Waals surface area contributed by atoms with Crippen LogP contribution in [0.3, 0.4) is 0 Å². The summed E-state index contributed by atoms with van der Waals surface area (Å²) in [5.74, 6) is 1.94. The van der Waals surface area contributed by atoms with Crippen LogP contribution in [0.5, 0.6) is 0 Å². The van der Waals surface area contributed by atoms with E-state index in [1.165, 1.54) is 22.3 Å². The molecule has 0 N–H and O–H groups in total. The van der Waals surface area contributed by atoms with Crippen LogP contribution in [0.15, 0.2) is 38.9 Å². The van der Waals surface area contributed by atoms with E-state index in [-0.39, 0.29) is 0 Å². The van der Waals surface area contributed by atoms with Crippen LogP contribution in [-0.2, 0) is 0 Å². The van der Waals surface area contributed by atoms with E-state index in [4.69, 9.17) is 4.63 Å². The number of hydrogen-bond donors (Lipinski definition) is 0. The molecule has 5 nitrogen and oxygen atoms in total. The number of hydrogen-bond acceptors (Lipinski definition) is 5. The average molecular weight is 407 g/mol. The van der Waals surface area contributed by atoms with Crippen LogP contribution in [0.25, 0.3) is 11.0 Å². The van der Waals surface area contributed by atoms with Crippen molar-refractivity contribution in [1.82, 2.24) is 10.3 Å². The van der Waals surface area contributed by atoms with Gasteiger partial charge in [-0.3, -0.25) is 9.98 Å². The summed E-state index contributed by atoms with van der Waals surface area (Å²) in [6.45, 7) is 18.0. The van der Waals surface area contributed by atoms with Gasteiger partial charge in [0, 0.05) is 0 Å². The number of nitrogens with zero attached hydrogens (tertiary/aromatic N) is 4. The SMILES string of the molecule is CC(C)c1ccc(C(C)C)c2c1=NCN=2.CC(C)c1ccc(C(C)C)c2nonc12. The largest absolute Gasteiger partial charge is 0.259 e. The molecule has 160 valence electrons. The Kier molecular flexibility index (Phi) is 6.69. The summed E-state index contributed by atoms with van der Waals surface area (Å²) in [6, 6.07) is 8.69. The Morgan fingerprint density at radius 2 is 0.900 bits per heavy atom. The van der Waals surface area contributed by atoms with E-state index in [2.05, 4.69) is 100.0 Å². The first-order chi connectivity index (χ1) is 14.2. The van der Waals surface area contributed by atoms with Gasteiger partial charge in [0.15, 0.2) is 0 Å². The van der Waals surface area contributed by atoms with Gasteiger partial charge in [0.2, 0.25) is 0 Å². The second kappa shape index (κ2) is 9.07. The molecular formula is C25H34N4O. The highest BCUT2D eigenvalue weighted by atomic mass is 16.6. The van der Waals surface area contributed by atoms with E-state index in [1.54, 1.807) is 0 Å². The maximum Gasteiger partial charge on any atom is 0.138 e. The molecule has 0 amide bonds. The predicted octanol–water partition coefficient (Wildman–Crippen LogP) is 5.61. The fourth-order valence-corrected chi connectivity index (χ4v) is 3.89. The molecule has 3 aromatic rings. The van der Waals surface area contributed by atoms with Crippen LogP contribution in [0, 0.1) is 0 Å². The van der Waals surface area contributed by atoms with Gasteiger partial charge in [0.25, 0.3) is 0 Å². The summed E-state index contributed by atoms with van der Waals surface area (Å²) in [7, 11) is 0. The fraction of sp³-hybridized carbons (Fsp3) is 0.520. The molecule has 0 spiro atoms. The van der Waals surface area contributed by atoms with Crippen molar-refractivity contribution in [3.63, 3.8) is 0 Å². The van der Waals surface area contributed by atoms with E-state index in [9.17, 15) is 0 Å². The molecule has 0 unspecified atom stereocenters. The zero-order valence-electron chi connectivity index (χ0n) is 19.5. The van der Waals surface area contributed by atoms with Gasteiger partial charge >= 0.3 is 0 Å². The lowest BCUT2D eigenvalue weighted by molar-refractivity contribution is 0.315. The first-order valence-corrected chi connectivity index (χ1v) is 11.0. The molecule has 0 radical (unpaired) electrons. The van der Waals surface area contributed by atoms with Crippen LogP contribution in [0.1, 0.15) is 101 Å². The van der Waals surface area contributed by atoms with E-state index >= 15 is 0 Å². The third-order valence-electron chi connectivity index (χ3n) is 5.64. The van der Waals surface area contributed by atoms with Crippen LogP contribution < -0.4 is 10.7 Å². The molecule has 1 aliphatic heterocycles. The van der Waals surface area contributed by atoms with Crippen LogP contribution in [0.2, 0.25) is 0 Å². The van der Waals surface area contributed by atoms with Gasteiger partial charge in [-0.2, -0.15) is 0 Å². The van der Waals surface area contributed by atoms with Crippen LogP contribution in [0.4, 0.5) is 0 Å². The zero-order chi connectivity index (χ0) is 22.0. The zero-order valence-corrected chi connectivity index (χ0v) is 19.5. The highest BCUT2D eigenvalue weighted by Gasteiger charge is 2.15. The van der Waals surface area contributed by atoms with Gasteiger partial charge < -0.3 is 0 Å². The molecule has 1 aromatic heterocycles. The minimum Gasteiger partial charge on any atom is -0.259 e. The fourth-order valence-electron chi connectivity index (χ4n) is 3.89.